The highest BCUT2D eigenvalue weighted by Crippen LogP contribution is 2.46. The molecule has 0 spiro atoms. The van der Waals surface area contributed by atoms with Gasteiger partial charge >= 0.3 is 0 Å². The lowest BCUT2D eigenvalue weighted by atomic mass is 9.60. The number of rotatable bonds is 4. The molecule has 82 valence electrons. The first-order valence-electron chi connectivity index (χ1n) is 4.56. The van der Waals surface area contributed by atoms with Crippen molar-refractivity contribution in [2.45, 2.75) is 33.2 Å². The fourth-order valence-corrected chi connectivity index (χ4v) is 1.68. The Bertz CT molecular complexity index is 306. The maximum atomic E-state index is 9.39. The smallest absolute Gasteiger partial charge is 0.140 e. The number of aliphatic hydroxyl groups is 1. The van der Waals surface area contributed by atoms with E-state index < -0.39 is 23.0 Å². The lowest BCUT2D eigenvalue weighted by molar-refractivity contribution is 0.0386. The Labute approximate surface area is 89.8 Å². The number of aliphatic hydroxyl groups excluding tert-OH is 1. The lowest BCUT2D eigenvalue weighted by Crippen LogP contribution is -2.55. The minimum absolute atomic E-state index is 0.502. The van der Waals surface area contributed by atoms with Crippen molar-refractivity contribution in [3.05, 3.63) is 0 Å². The highest BCUT2D eigenvalue weighted by atomic mass is 16.3. The van der Waals surface area contributed by atoms with Crippen molar-refractivity contribution in [2.75, 3.05) is 6.61 Å². The quantitative estimate of drug-likeness (QED) is 0.688. The molecule has 15 heavy (non-hydrogen) atoms. The fraction of sp³-hybridized carbons (Fsp3) is 0.800. The first-order chi connectivity index (χ1) is 6.74. The molecule has 0 aromatic heterocycles. The molecule has 2 N–H and O–H groups in total. The maximum Gasteiger partial charge on any atom is 0.140 e. The molecule has 0 saturated carbocycles. The van der Waals surface area contributed by atoms with Crippen LogP contribution in [0.1, 0.15) is 27.7 Å². The van der Waals surface area contributed by atoms with E-state index in [2.05, 4.69) is 5.11 Å². The highest BCUT2D eigenvalue weighted by molar-refractivity contribution is 5.21. The van der Waals surface area contributed by atoms with Gasteiger partial charge in [-0.3, -0.25) is 0 Å². The van der Waals surface area contributed by atoms with E-state index >= 15 is 0 Å². The summed E-state index contributed by atoms with van der Waals surface area (Å²) in [6, 6.07) is 4.00. The van der Waals surface area contributed by atoms with Gasteiger partial charge < -0.3 is 5.11 Å². The van der Waals surface area contributed by atoms with Crippen LogP contribution in [0.5, 0.6) is 0 Å². The third-order valence-electron chi connectivity index (χ3n) is 3.05. The molecule has 0 aliphatic carbocycles. The molecule has 0 aliphatic rings. The molecule has 0 radical (unpaired) electrons. The largest absolute Gasteiger partial charge is 0.394 e. The molecule has 0 atom stereocenters. The summed E-state index contributed by atoms with van der Waals surface area (Å²) in [6.45, 7) is 5.78. The van der Waals surface area contributed by atoms with Crippen molar-refractivity contribution in [2.24, 2.45) is 15.9 Å². The average Bonchev–Trinajstić information content (AvgIpc) is 2.19. The Balaban J connectivity index is 5.80. The average molecular weight is 208 g/mol. The minimum Gasteiger partial charge on any atom is -0.394 e. The van der Waals surface area contributed by atoms with Crippen molar-refractivity contribution in [3.63, 3.8) is 0 Å². The summed E-state index contributed by atoms with van der Waals surface area (Å²) in [5, 5.41) is 30.8. The number of nitrogens with zero attached hydrogens (tertiary/aromatic N) is 3. The van der Waals surface area contributed by atoms with Crippen LogP contribution in [0.15, 0.2) is 5.11 Å². The molecule has 5 nitrogen and oxygen atoms in total. The standard InChI is InChI=1S/C10H16N4O/c1-8(2,5-11)10(7-15,14-13)9(3,4)6-12/h13,15H,7H2,1-4H3. The predicted molar refractivity (Wildman–Crippen MR) is 53.8 cm³/mol. The van der Waals surface area contributed by atoms with Crippen molar-refractivity contribution in [1.29, 1.82) is 16.1 Å². The number of nitriles is 2. The van der Waals surface area contributed by atoms with E-state index in [1.54, 1.807) is 27.7 Å². The van der Waals surface area contributed by atoms with Gasteiger partial charge in [-0.25, -0.2) is 5.53 Å². The van der Waals surface area contributed by atoms with Crippen LogP contribution in [-0.2, 0) is 0 Å². The van der Waals surface area contributed by atoms with Gasteiger partial charge in [-0.1, -0.05) is 0 Å². The molecule has 0 unspecified atom stereocenters. The second kappa shape index (κ2) is 3.96. The van der Waals surface area contributed by atoms with Crippen molar-refractivity contribution in [3.8, 4) is 12.1 Å². The molecule has 0 rings (SSSR count). The normalized spacial score (nSPS) is 12.7. The van der Waals surface area contributed by atoms with Gasteiger partial charge in [-0.05, 0) is 27.7 Å². The summed E-state index contributed by atoms with van der Waals surface area (Å²) in [5.74, 6) is 0. The Hall–Kier alpha value is -1.46. The zero-order chi connectivity index (χ0) is 12.3. The monoisotopic (exact) mass is 208 g/mol. The first kappa shape index (κ1) is 13.5. The van der Waals surface area contributed by atoms with Crippen molar-refractivity contribution in [1.82, 2.24) is 0 Å². The molecule has 5 heteroatoms. The molecular formula is C10H16N4O. The van der Waals surface area contributed by atoms with Crippen LogP contribution in [0, 0.1) is 39.0 Å². The van der Waals surface area contributed by atoms with E-state index in [0.29, 0.717) is 0 Å². The van der Waals surface area contributed by atoms with Crippen molar-refractivity contribution < 1.29 is 5.11 Å². The predicted octanol–water partition coefficient (Wildman–Crippen LogP) is 1.85. The second-order valence-electron chi connectivity index (χ2n) is 4.60. The maximum absolute atomic E-state index is 9.39. The van der Waals surface area contributed by atoms with Gasteiger partial charge in [0.1, 0.15) is 5.54 Å². The van der Waals surface area contributed by atoms with E-state index in [0.717, 1.165) is 0 Å². The van der Waals surface area contributed by atoms with Gasteiger partial charge in [0.15, 0.2) is 0 Å². The Morgan fingerprint density at radius 1 is 1.13 bits per heavy atom. The third kappa shape index (κ3) is 1.71. The molecule has 0 aromatic carbocycles. The van der Waals surface area contributed by atoms with E-state index in [1.165, 1.54) is 0 Å². The number of hydrogen-bond donors (Lipinski definition) is 2. The van der Waals surface area contributed by atoms with Gasteiger partial charge in [0.2, 0.25) is 0 Å². The number of hydrogen-bond acceptors (Lipinski definition) is 5. The summed E-state index contributed by atoms with van der Waals surface area (Å²) in [5.41, 5.74) is 3.63. The summed E-state index contributed by atoms with van der Waals surface area (Å²) in [6.07, 6.45) is 0. The SMILES string of the molecule is CC(C)(C#N)C(CO)(N=N)C(C)(C)C#N. The van der Waals surface area contributed by atoms with Crippen LogP contribution in [0.2, 0.25) is 0 Å². The summed E-state index contributed by atoms with van der Waals surface area (Å²) >= 11 is 0. The van der Waals surface area contributed by atoms with Crippen molar-refractivity contribution >= 4 is 0 Å². The molecule has 0 saturated heterocycles. The third-order valence-corrected chi connectivity index (χ3v) is 3.05. The van der Waals surface area contributed by atoms with E-state index in [-0.39, 0.29) is 0 Å². The summed E-state index contributed by atoms with van der Waals surface area (Å²) in [7, 11) is 0. The van der Waals surface area contributed by atoms with Crippen LogP contribution in [0.4, 0.5) is 0 Å². The zero-order valence-corrected chi connectivity index (χ0v) is 9.50. The molecule has 0 heterocycles. The number of nitrogens with one attached hydrogen (secondary N) is 1. The van der Waals surface area contributed by atoms with Crippen LogP contribution >= 0.6 is 0 Å². The molecular weight excluding hydrogens is 192 g/mol. The molecule has 0 fully saturated rings. The van der Waals surface area contributed by atoms with Gasteiger partial charge in [0.25, 0.3) is 0 Å². The molecule has 0 aliphatic heterocycles. The van der Waals surface area contributed by atoms with Gasteiger partial charge in [0.05, 0.1) is 29.6 Å². The summed E-state index contributed by atoms with van der Waals surface area (Å²) < 4.78 is 0. The van der Waals surface area contributed by atoms with Crippen LogP contribution < -0.4 is 0 Å². The molecule has 0 bridgehead atoms. The van der Waals surface area contributed by atoms with E-state index in [1.807, 2.05) is 12.1 Å². The van der Waals surface area contributed by atoms with Gasteiger partial charge in [-0.15, -0.1) is 0 Å². The fourth-order valence-electron chi connectivity index (χ4n) is 1.68. The molecule has 0 aromatic rings. The Morgan fingerprint density at radius 2 is 1.47 bits per heavy atom. The zero-order valence-electron chi connectivity index (χ0n) is 9.50. The van der Waals surface area contributed by atoms with Crippen LogP contribution in [-0.4, -0.2) is 17.3 Å². The van der Waals surface area contributed by atoms with Crippen LogP contribution in [0.25, 0.3) is 0 Å². The highest BCUT2D eigenvalue weighted by Gasteiger charge is 2.56. The van der Waals surface area contributed by atoms with Gasteiger partial charge in [-0.2, -0.15) is 15.6 Å². The van der Waals surface area contributed by atoms with Gasteiger partial charge in [0, 0.05) is 0 Å². The second-order valence-corrected chi connectivity index (χ2v) is 4.60. The lowest BCUT2D eigenvalue weighted by Gasteiger charge is -2.43. The molecule has 0 amide bonds. The topological polar surface area (TPSA) is 104 Å². The van der Waals surface area contributed by atoms with E-state index in [4.69, 9.17) is 16.1 Å². The first-order valence-corrected chi connectivity index (χ1v) is 4.56. The van der Waals surface area contributed by atoms with E-state index in [9.17, 15) is 5.11 Å². The Kier molecular flexibility index (Phi) is 3.57. The summed E-state index contributed by atoms with van der Waals surface area (Å²) in [4.78, 5) is 0. The van der Waals surface area contributed by atoms with Crippen LogP contribution in [0.3, 0.4) is 0 Å². The minimum atomic E-state index is -1.40. The Morgan fingerprint density at radius 3 is 1.60 bits per heavy atom.